The highest BCUT2D eigenvalue weighted by molar-refractivity contribution is 7.99. The molecule has 0 radical (unpaired) electrons. The molecule has 1 heterocycles. The molecule has 0 atom stereocenters. The Labute approximate surface area is 124 Å². The smallest absolute Gasteiger partial charge is 0.133 e. The van der Waals surface area contributed by atoms with E-state index in [0.29, 0.717) is 0 Å². The van der Waals surface area contributed by atoms with Gasteiger partial charge in [-0.3, -0.25) is 4.48 Å². The van der Waals surface area contributed by atoms with Crippen LogP contribution in [0.4, 0.5) is 22.7 Å². The number of hydrogen-bond acceptors (Lipinski definition) is 3. The third-order valence-electron chi connectivity index (χ3n) is 3.50. The molecule has 2 aromatic rings. The highest BCUT2D eigenvalue weighted by Gasteiger charge is 2.20. The molecular formula is C16H20N3S+. The van der Waals surface area contributed by atoms with Gasteiger partial charge in [-0.2, -0.15) is 0 Å². The third kappa shape index (κ3) is 2.37. The molecule has 0 saturated heterocycles. The van der Waals surface area contributed by atoms with Gasteiger partial charge in [-0.05, 0) is 24.3 Å². The number of hydrogen-bond donors (Lipinski definition) is 2. The topological polar surface area (TPSA) is 24.1 Å². The molecule has 104 valence electrons. The number of benzene rings is 2. The SMILES string of the molecule is CNc1ccc2c(c1)Sc1cc([N+](C)(C)C)ccc1N2. The van der Waals surface area contributed by atoms with Crippen molar-refractivity contribution in [2.45, 2.75) is 9.79 Å². The second-order valence-corrected chi connectivity index (χ2v) is 6.96. The fourth-order valence-electron chi connectivity index (χ4n) is 2.25. The highest BCUT2D eigenvalue weighted by atomic mass is 32.2. The van der Waals surface area contributed by atoms with Gasteiger partial charge in [-0.15, -0.1) is 0 Å². The van der Waals surface area contributed by atoms with Gasteiger partial charge >= 0.3 is 0 Å². The molecule has 0 spiro atoms. The maximum atomic E-state index is 3.51. The maximum Gasteiger partial charge on any atom is 0.133 e. The minimum absolute atomic E-state index is 0.831. The van der Waals surface area contributed by atoms with Gasteiger partial charge < -0.3 is 10.6 Å². The molecule has 1 aliphatic rings. The van der Waals surface area contributed by atoms with Crippen molar-refractivity contribution in [3.05, 3.63) is 36.4 Å². The second kappa shape index (κ2) is 4.72. The molecule has 0 bridgehead atoms. The Balaban J connectivity index is 2.00. The molecule has 0 amide bonds. The molecule has 3 rings (SSSR count). The van der Waals surface area contributed by atoms with Crippen LogP contribution in [-0.4, -0.2) is 28.2 Å². The first-order chi connectivity index (χ1) is 9.47. The zero-order chi connectivity index (χ0) is 14.3. The fraction of sp³-hybridized carbons (Fsp3) is 0.250. The summed E-state index contributed by atoms with van der Waals surface area (Å²) >= 11 is 1.83. The lowest BCUT2D eigenvalue weighted by molar-refractivity contribution is 0.485. The van der Waals surface area contributed by atoms with Gasteiger partial charge in [0, 0.05) is 34.7 Å². The van der Waals surface area contributed by atoms with Crippen molar-refractivity contribution in [2.24, 2.45) is 0 Å². The van der Waals surface area contributed by atoms with Crippen LogP contribution in [0.15, 0.2) is 46.2 Å². The molecule has 2 N–H and O–H groups in total. The van der Waals surface area contributed by atoms with Crippen LogP contribution < -0.4 is 15.1 Å². The molecule has 0 aliphatic carbocycles. The van der Waals surface area contributed by atoms with Crippen LogP contribution in [0, 0.1) is 0 Å². The van der Waals surface area contributed by atoms with Gasteiger partial charge in [0.2, 0.25) is 0 Å². The molecule has 4 heteroatoms. The van der Waals surface area contributed by atoms with E-state index in [0.717, 1.165) is 10.2 Å². The second-order valence-electron chi connectivity index (χ2n) is 5.88. The van der Waals surface area contributed by atoms with Gasteiger partial charge in [0.1, 0.15) is 5.69 Å². The molecule has 0 fully saturated rings. The summed E-state index contributed by atoms with van der Waals surface area (Å²) in [6, 6.07) is 13.1. The summed E-state index contributed by atoms with van der Waals surface area (Å²) in [6.07, 6.45) is 0. The van der Waals surface area contributed by atoms with Gasteiger partial charge in [0.25, 0.3) is 0 Å². The molecule has 3 nitrogen and oxygen atoms in total. The largest absolute Gasteiger partial charge is 0.388 e. The number of nitrogens with zero attached hydrogens (tertiary/aromatic N) is 1. The quantitative estimate of drug-likeness (QED) is 0.693. The standard InChI is InChI=1S/C16H20N3S/c1-17-11-5-7-13-15(9-11)20-16-10-12(19(2,3)4)6-8-14(16)18-13/h5-10,17-18H,1-4H3/q+1. The van der Waals surface area contributed by atoms with E-state index in [1.165, 1.54) is 26.9 Å². The first kappa shape index (κ1) is 13.3. The predicted octanol–water partition coefficient (Wildman–Crippen LogP) is 4.13. The van der Waals surface area contributed by atoms with Crippen LogP contribution >= 0.6 is 11.8 Å². The molecule has 1 aliphatic heterocycles. The lowest BCUT2D eigenvalue weighted by Gasteiger charge is -2.26. The van der Waals surface area contributed by atoms with Crippen molar-refractivity contribution in [1.29, 1.82) is 0 Å². The number of nitrogens with one attached hydrogen (secondary N) is 2. The van der Waals surface area contributed by atoms with Crippen LogP contribution in [-0.2, 0) is 0 Å². The number of rotatable bonds is 2. The number of anilines is 3. The monoisotopic (exact) mass is 286 g/mol. The summed E-state index contributed by atoms with van der Waals surface area (Å²) in [6.45, 7) is 0. The summed E-state index contributed by atoms with van der Waals surface area (Å²) < 4.78 is 0.831. The molecule has 20 heavy (non-hydrogen) atoms. The summed E-state index contributed by atoms with van der Waals surface area (Å²) in [4.78, 5) is 2.55. The van der Waals surface area contributed by atoms with Crippen molar-refractivity contribution in [3.63, 3.8) is 0 Å². The predicted molar refractivity (Wildman–Crippen MR) is 89.4 cm³/mol. The minimum Gasteiger partial charge on any atom is -0.388 e. The molecule has 0 saturated carbocycles. The maximum absolute atomic E-state index is 3.51. The van der Waals surface area contributed by atoms with E-state index in [9.17, 15) is 0 Å². The molecular weight excluding hydrogens is 266 g/mol. The minimum atomic E-state index is 0.831. The molecule has 2 aromatic carbocycles. The normalized spacial score (nSPS) is 13.2. The molecule has 0 unspecified atom stereocenters. The lowest BCUT2D eigenvalue weighted by atomic mass is 10.2. The third-order valence-corrected chi connectivity index (χ3v) is 4.61. The summed E-state index contributed by atoms with van der Waals surface area (Å²) in [5.74, 6) is 0. The number of fused-ring (bicyclic) bond motifs is 2. The Morgan fingerprint density at radius 2 is 1.60 bits per heavy atom. The number of quaternary nitrogens is 1. The first-order valence-electron chi connectivity index (χ1n) is 6.70. The Bertz CT molecular complexity index is 659. The van der Waals surface area contributed by atoms with E-state index in [1.54, 1.807) is 0 Å². The van der Waals surface area contributed by atoms with Gasteiger partial charge in [-0.25, -0.2) is 0 Å². The lowest BCUT2D eigenvalue weighted by Crippen LogP contribution is -2.34. The van der Waals surface area contributed by atoms with Crippen LogP contribution in [0.3, 0.4) is 0 Å². The summed E-state index contributed by atoms with van der Waals surface area (Å²) in [5, 5.41) is 6.71. The van der Waals surface area contributed by atoms with E-state index in [-0.39, 0.29) is 0 Å². The van der Waals surface area contributed by atoms with E-state index >= 15 is 0 Å². The van der Waals surface area contributed by atoms with Crippen LogP contribution in [0.1, 0.15) is 0 Å². The van der Waals surface area contributed by atoms with Crippen molar-refractivity contribution >= 4 is 34.5 Å². The average molecular weight is 286 g/mol. The Hall–Kier alpha value is -1.65. The fourth-order valence-corrected chi connectivity index (χ4v) is 3.31. The molecule has 0 aromatic heterocycles. The van der Waals surface area contributed by atoms with Crippen molar-refractivity contribution < 1.29 is 0 Å². The average Bonchev–Trinajstić information content (AvgIpc) is 2.42. The van der Waals surface area contributed by atoms with E-state index in [4.69, 9.17) is 0 Å². The Morgan fingerprint density at radius 3 is 2.25 bits per heavy atom. The van der Waals surface area contributed by atoms with Gasteiger partial charge in [-0.1, -0.05) is 11.8 Å². The van der Waals surface area contributed by atoms with Gasteiger partial charge in [0.05, 0.1) is 32.5 Å². The van der Waals surface area contributed by atoms with E-state index in [1.807, 2.05) is 18.8 Å². The van der Waals surface area contributed by atoms with Gasteiger partial charge in [0.15, 0.2) is 0 Å². The van der Waals surface area contributed by atoms with E-state index < -0.39 is 0 Å². The van der Waals surface area contributed by atoms with E-state index in [2.05, 4.69) is 68.2 Å². The van der Waals surface area contributed by atoms with Crippen molar-refractivity contribution in [2.75, 3.05) is 38.8 Å². The Morgan fingerprint density at radius 1 is 0.950 bits per heavy atom. The zero-order valence-corrected chi connectivity index (χ0v) is 13.1. The Kier molecular flexibility index (Phi) is 3.15. The summed E-state index contributed by atoms with van der Waals surface area (Å²) in [7, 11) is 8.52. The van der Waals surface area contributed by atoms with Crippen molar-refractivity contribution in [3.8, 4) is 0 Å². The zero-order valence-electron chi connectivity index (χ0n) is 12.3. The van der Waals surface area contributed by atoms with Crippen LogP contribution in [0.2, 0.25) is 0 Å². The van der Waals surface area contributed by atoms with Crippen molar-refractivity contribution in [1.82, 2.24) is 4.48 Å². The highest BCUT2D eigenvalue weighted by Crippen LogP contribution is 2.46. The summed E-state index contributed by atoms with van der Waals surface area (Å²) in [5.41, 5.74) is 4.83. The first-order valence-corrected chi connectivity index (χ1v) is 7.52. The van der Waals surface area contributed by atoms with Crippen LogP contribution in [0.25, 0.3) is 0 Å². The van der Waals surface area contributed by atoms with Crippen LogP contribution in [0.5, 0.6) is 0 Å².